The molecule has 1 N–H and O–H groups in total. The summed E-state index contributed by atoms with van der Waals surface area (Å²) >= 11 is 0. The van der Waals surface area contributed by atoms with Gasteiger partial charge in [-0.1, -0.05) is 34.6 Å². The van der Waals surface area contributed by atoms with Crippen LogP contribution in [0.4, 0.5) is 0 Å². The van der Waals surface area contributed by atoms with Crippen LogP contribution < -0.4 is 5.32 Å². The van der Waals surface area contributed by atoms with E-state index in [1.807, 2.05) is 0 Å². The first-order valence-corrected chi connectivity index (χ1v) is 7.72. The highest BCUT2D eigenvalue weighted by molar-refractivity contribution is 4.88. The maximum Gasteiger partial charge on any atom is 0.0806 e. The van der Waals surface area contributed by atoms with Crippen molar-refractivity contribution in [1.29, 1.82) is 0 Å². The summed E-state index contributed by atoms with van der Waals surface area (Å²) in [4.78, 5) is 0. The molecule has 0 spiro atoms. The van der Waals surface area contributed by atoms with E-state index in [1.165, 1.54) is 25.7 Å². The van der Waals surface area contributed by atoms with E-state index < -0.39 is 0 Å². The van der Waals surface area contributed by atoms with E-state index in [4.69, 9.17) is 4.74 Å². The third-order valence-electron chi connectivity index (χ3n) is 4.14. The van der Waals surface area contributed by atoms with Crippen molar-refractivity contribution in [2.45, 2.75) is 72.3 Å². The summed E-state index contributed by atoms with van der Waals surface area (Å²) < 4.78 is 6.33. The second-order valence-corrected chi connectivity index (χ2v) is 7.30. The molecular formula is C16H33NO. The SMILES string of the molecule is CCNCC1(OCCC(C)(C)C)CCC(C)CC1. The molecule has 0 aromatic carbocycles. The number of hydrogen-bond donors (Lipinski definition) is 1. The average molecular weight is 255 g/mol. The molecule has 0 bridgehead atoms. The van der Waals surface area contributed by atoms with Gasteiger partial charge < -0.3 is 10.1 Å². The van der Waals surface area contributed by atoms with Gasteiger partial charge in [0.05, 0.1) is 5.60 Å². The fraction of sp³-hybridized carbons (Fsp3) is 1.00. The summed E-state index contributed by atoms with van der Waals surface area (Å²) in [7, 11) is 0. The molecule has 0 unspecified atom stereocenters. The predicted molar refractivity (Wildman–Crippen MR) is 78.9 cm³/mol. The molecule has 0 radical (unpaired) electrons. The van der Waals surface area contributed by atoms with Crippen molar-refractivity contribution in [3.8, 4) is 0 Å². The normalized spacial score (nSPS) is 29.5. The summed E-state index contributed by atoms with van der Waals surface area (Å²) in [5.41, 5.74) is 0.495. The molecule has 108 valence electrons. The topological polar surface area (TPSA) is 21.3 Å². The van der Waals surface area contributed by atoms with Gasteiger partial charge in [-0.25, -0.2) is 0 Å². The molecule has 1 aliphatic rings. The molecular weight excluding hydrogens is 222 g/mol. The first-order valence-electron chi connectivity index (χ1n) is 7.72. The van der Waals surface area contributed by atoms with Crippen LogP contribution in [0, 0.1) is 11.3 Å². The van der Waals surface area contributed by atoms with Crippen LogP contribution >= 0.6 is 0 Å². The van der Waals surface area contributed by atoms with Gasteiger partial charge in [0, 0.05) is 13.2 Å². The smallest absolute Gasteiger partial charge is 0.0806 e. The van der Waals surface area contributed by atoms with E-state index in [1.54, 1.807) is 0 Å². The fourth-order valence-electron chi connectivity index (χ4n) is 2.59. The van der Waals surface area contributed by atoms with E-state index in [9.17, 15) is 0 Å². The van der Waals surface area contributed by atoms with Gasteiger partial charge in [-0.05, 0) is 50.0 Å². The molecule has 0 aromatic heterocycles. The van der Waals surface area contributed by atoms with Crippen LogP contribution in [0.3, 0.4) is 0 Å². The minimum atomic E-state index is 0.119. The highest BCUT2D eigenvalue weighted by atomic mass is 16.5. The Morgan fingerprint density at radius 1 is 1.22 bits per heavy atom. The molecule has 0 aromatic rings. The van der Waals surface area contributed by atoms with Crippen molar-refractivity contribution in [2.24, 2.45) is 11.3 Å². The molecule has 1 saturated carbocycles. The van der Waals surface area contributed by atoms with Gasteiger partial charge in [-0.15, -0.1) is 0 Å². The third kappa shape index (κ3) is 5.71. The van der Waals surface area contributed by atoms with Gasteiger partial charge in [-0.2, -0.15) is 0 Å². The van der Waals surface area contributed by atoms with E-state index in [0.717, 1.165) is 32.0 Å². The second kappa shape index (κ2) is 6.91. The van der Waals surface area contributed by atoms with E-state index in [-0.39, 0.29) is 5.60 Å². The molecule has 1 aliphatic carbocycles. The summed E-state index contributed by atoms with van der Waals surface area (Å²) in [5, 5.41) is 3.50. The first kappa shape index (κ1) is 16.0. The Hall–Kier alpha value is -0.0800. The van der Waals surface area contributed by atoms with E-state index in [2.05, 4.69) is 39.9 Å². The molecule has 2 heteroatoms. The molecule has 0 aliphatic heterocycles. The highest BCUT2D eigenvalue weighted by Crippen LogP contribution is 2.35. The Morgan fingerprint density at radius 3 is 2.33 bits per heavy atom. The minimum absolute atomic E-state index is 0.119. The average Bonchev–Trinajstić information content (AvgIpc) is 2.29. The molecule has 0 atom stereocenters. The zero-order chi connectivity index (χ0) is 13.6. The Kier molecular flexibility index (Phi) is 6.13. The molecule has 1 fully saturated rings. The number of nitrogens with one attached hydrogen (secondary N) is 1. The van der Waals surface area contributed by atoms with E-state index in [0.29, 0.717) is 5.41 Å². The van der Waals surface area contributed by atoms with Crippen LogP contribution in [0.1, 0.15) is 66.7 Å². The monoisotopic (exact) mass is 255 g/mol. The first-order chi connectivity index (χ1) is 8.37. The van der Waals surface area contributed by atoms with Crippen LogP contribution in [0.15, 0.2) is 0 Å². The van der Waals surface area contributed by atoms with Gasteiger partial charge in [0.25, 0.3) is 0 Å². The van der Waals surface area contributed by atoms with Crippen molar-refractivity contribution in [3.05, 3.63) is 0 Å². The molecule has 18 heavy (non-hydrogen) atoms. The van der Waals surface area contributed by atoms with Crippen molar-refractivity contribution in [1.82, 2.24) is 5.32 Å². The largest absolute Gasteiger partial charge is 0.374 e. The second-order valence-electron chi connectivity index (χ2n) is 7.30. The summed E-state index contributed by atoms with van der Waals surface area (Å²) in [6.07, 6.45) is 6.24. The summed E-state index contributed by atoms with van der Waals surface area (Å²) in [6.45, 7) is 14.4. The van der Waals surface area contributed by atoms with Crippen LogP contribution in [0.5, 0.6) is 0 Å². The maximum absolute atomic E-state index is 6.33. The van der Waals surface area contributed by atoms with Crippen LogP contribution in [-0.2, 0) is 4.74 Å². The lowest BCUT2D eigenvalue weighted by atomic mass is 9.79. The molecule has 0 amide bonds. The molecule has 2 nitrogen and oxygen atoms in total. The summed E-state index contributed by atoms with van der Waals surface area (Å²) in [6, 6.07) is 0. The lowest BCUT2D eigenvalue weighted by Crippen LogP contribution is -2.46. The van der Waals surface area contributed by atoms with Gasteiger partial charge in [0.2, 0.25) is 0 Å². The third-order valence-corrected chi connectivity index (χ3v) is 4.14. The zero-order valence-corrected chi connectivity index (χ0v) is 13.1. The van der Waals surface area contributed by atoms with Crippen LogP contribution in [0.25, 0.3) is 0 Å². The molecule has 1 rings (SSSR count). The van der Waals surface area contributed by atoms with Crippen molar-refractivity contribution in [2.75, 3.05) is 19.7 Å². The molecule has 0 heterocycles. The van der Waals surface area contributed by atoms with Crippen LogP contribution in [0.2, 0.25) is 0 Å². The fourth-order valence-corrected chi connectivity index (χ4v) is 2.59. The Balaban J connectivity index is 2.45. The Bertz CT molecular complexity index is 218. The zero-order valence-electron chi connectivity index (χ0n) is 13.1. The number of hydrogen-bond acceptors (Lipinski definition) is 2. The van der Waals surface area contributed by atoms with Gasteiger partial charge in [0.15, 0.2) is 0 Å². The van der Waals surface area contributed by atoms with Gasteiger partial charge >= 0.3 is 0 Å². The maximum atomic E-state index is 6.33. The predicted octanol–water partition coefficient (Wildman–Crippen LogP) is 4.00. The molecule has 0 saturated heterocycles. The number of likely N-dealkylation sites (N-methyl/N-ethyl adjacent to an activating group) is 1. The minimum Gasteiger partial charge on any atom is -0.374 e. The Morgan fingerprint density at radius 2 is 1.83 bits per heavy atom. The van der Waals surface area contributed by atoms with Crippen molar-refractivity contribution in [3.63, 3.8) is 0 Å². The lowest BCUT2D eigenvalue weighted by molar-refractivity contribution is -0.0813. The highest BCUT2D eigenvalue weighted by Gasteiger charge is 2.34. The summed E-state index contributed by atoms with van der Waals surface area (Å²) in [5.74, 6) is 0.881. The number of rotatable bonds is 6. The van der Waals surface area contributed by atoms with Crippen molar-refractivity contribution >= 4 is 0 Å². The van der Waals surface area contributed by atoms with Gasteiger partial charge in [-0.3, -0.25) is 0 Å². The number of ether oxygens (including phenoxy) is 1. The quantitative estimate of drug-likeness (QED) is 0.774. The van der Waals surface area contributed by atoms with Crippen molar-refractivity contribution < 1.29 is 4.74 Å². The Labute approximate surface area is 114 Å². The van der Waals surface area contributed by atoms with E-state index >= 15 is 0 Å². The van der Waals surface area contributed by atoms with Crippen LogP contribution in [-0.4, -0.2) is 25.3 Å². The lowest BCUT2D eigenvalue weighted by Gasteiger charge is -2.40. The van der Waals surface area contributed by atoms with Gasteiger partial charge in [0.1, 0.15) is 0 Å². The standard InChI is InChI=1S/C16H33NO/c1-6-17-13-16(9-7-14(2)8-10-16)18-12-11-15(3,4)5/h14,17H,6-13H2,1-5H3.